The monoisotopic (exact) mass is 495 g/mol. The van der Waals surface area contributed by atoms with Crippen LogP contribution in [0, 0.1) is 6.92 Å². The lowest BCUT2D eigenvalue weighted by molar-refractivity contribution is 1.05. The summed E-state index contributed by atoms with van der Waals surface area (Å²) in [7, 11) is 0. The second kappa shape index (κ2) is 10.4. The Morgan fingerprint density at radius 3 is 2.31 bits per heavy atom. The van der Waals surface area contributed by atoms with Gasteiger partial charge in [-0.15, -0.1) is 10.2 Å². The maximum atomic E-state index is 5.52. The van der Waals surface area contributed by atoms with Gasteiger partial charge in [0, 0.05) is 22.2 Å². The van der Waals surface area contributed by atoms with E-state index in [4.69, 9.17) is 12.2 Å². The molecule has 9 heteroatoms. The summed E-state index contributed by atoms with van der Waals surface area (Å²) < 4.78 is 0. The smallest absolute Gasteiger partial charge is 0.228 e. The van der Waals surface area contributed by atoms with E-state index in [9.17, 15) is 0 Å². The predicted molar refractivity (Wildman–Crippen MR) is 147 cm³/mol. The van der Waals surface area contributed by atoms with Gasteiger partial charge in [-0.3, -0.25) is 0 Å². The molecule has 3 heterocycles. The Balaban J connectivity index is 1.29. The number of aromatic nitrogens is 4. The van der Waals surface area contributed by atoms with Crippen LogP contribution < -0.4 is 16.0 Å². The van der Waals surface area contributed by atoms with Crippen molar-refractivity contribution in [2.24, 2.45) is 0 Å². The molecular weight excluding hydrogens is 474 g/mol. The molecule has 5 rings (SSSR count). The highest BCUT2D eigenvalue weighted by Crippen LogP contribution is 2.27. The van der Waals surface area contributed by atoms with Crippen LogP contribution in [0.3, 0.4) is 0 Å². The van der Waals surface area contributed by atoms with Crippen LogP contribution in [0.5, 0.6) is 0 Å². The number of thiophene rings is 1. The van der Waals surface area contributed by atoms with E-state index in [0.29, 0.717) is 16.9 Å². The Hall–Kier alpha value is -4.21. The van der Waals surface area contributed by atoms with Gasteiger partial charge < -0.3 is 16.0 Å². The average Bonchev–Trinajstić information content (AvgIpc) is 3.41. The summed E-state index contributed by atoms with van der Waals surface area (Å²) in [4.78, 5) is 9.23. The van der Waals surface area contributed by atoms with Crippen LogP contribution in [0.4, 0.5) is 23.1 Å². The third kappa shape index (κ3) is 5.65. The number of thiocarbonyl (C=S) groups is 1. The molecule has 3 aromatic heterocycles. The van der Waals surface area contributed by atoms with E-state index in [2.05, 4.69) is 41.5 Å². The lowest BCUT2D eigenvalue weighted by Gasteiger charge is -2.15. The number of hydrogen-bond acceptors (Lipinski definition) is 7. The molecule has 0 unspecified atom stereocenters. The summed E-state index contributed by atoms with van der Waals surface area (Å²) in [5.74, 6) is 1.07. The quantitative estimate of drug-likeness (QED) is 0.229. The van der Waals surface area contributed by atoms with Crippen molar-refractivity contribution in [1.29, 1.82) is 0 Å². The lowest BCUT2D eigenvalue weighted by atomic mass is 10.1. The molecule has 5 aromatic rings. The van der Waals surface area contributed by atoms with Crippen LogP contribution in [0.2, 0.25) is 0 Å². The van der Waals surface area contributed by atoms with Crippen LogP contribution in [0.1, 0.15) is 5.69 Å². The molecule has 0 atom stereocenters. The fourth-order valence-corrected chi connectivity index (χ4v) is 4.30. The Labute approximate surface area is 212 Å². The third-order valence-corrected chi connectivity index (χ3v) is 5.96. The summed E-state index contributed by atoms with van der Waals surface area (Å²) in [5.41, 5.74) is 6.20. The van der Waals surface area contributed by atoms with Crippen molar-refractivity contribution in [3.8, 4) is 22.5 Å². The van der Waals surface area contributed by atoms with Gasteiger partial charge in [0.05, 0.1) is 22.8 Å². The van der Waals surface area contributed by atoms with E-state index in [0.717, 1.165) is 39.6 Å². The maximum absolute atomic E-state index is 5.52. The average molecular weight is 496 g/mol. The molecule has 0 aliphatic carbocycles. The van der Waals surface area contributed by atoms with Gasteiger partial charge in [0.2, 0.25) is 5.95 Å². The molecule has 2 aromatic carbocycles. The van der Waals surface area contributed by atoms with Gasteiger partial charge in [-0.05, 0) is 60.9 Å². The van der Waals surface area contributed by atoms with Crippen molar-refractivity contribution in [1.82, 2.24) is 20.2 Å². The number of anilines is 4. The lowest BCUT2D eigenvalue weighted by Crippen LogP contribution is -2.20. The van der Waals surface area contributed by atoms with Gasteiger partial charge in [0.15, 0.2) is 10.9 Å². The van der Waals surface area contributed by atoms with E-state index in [-0.39, 0.29) is 0 Å². The molecule has 7 nitrogen and oxygen atoms in total. The molecule has 35 heavy (non-hydrogen) atoms. The van der Waals surface area contributed by atoms with Crippen LogP contribution in [-0.4, -0.2) is 25.3 Å². The molecule has 0 fully saturated rings. The highest BCUT2D eigenvalue weighted by molar-refractivity contribution is 7.80. The van der Waals surface area contributed by atoms with Crippen molar-refractivity contribution in [3.05, 3.63) is 95.3 Å². The van der Waals surface area contributed by atoms with E-state index in [1.165, 1.54) is 0 Å². The first-order valence-corrected chi connectivity index (χ1v) is 12.2. The van der Waals surface area contributed by atoms with Crippen LogP contribution >= 0.6 is 23.6 Å². The first-order valence-electron chi connectivity index (χ1n) is 10.9. The Kier molecular flexibility index (Phi) is 6.69. The molecule has 0 saturated heterocycles. The third-order valence-electron chi connectivity index (χ3n) is 5.07. The number of aryl methyl sites for hydroxylation is 1. The SMILES string of the molecule is Cc1cc(-c2ccsc2)nc(Nc2ccccc2NC(=S)Nc2ccc(-c3ccccc3)nn2)n1. The number of nitrogens with zero attached hydrogens (tertiary/aromatic N) is 4. The zero-order chi connectivity index (χ0) is 24.0. The van der Waals surface area contributed by atoms with Crippen molar-refractivity contribution in [2.75, 3.05) is 16.0 Å². The highest BCUT2D eigenvalue weighted by atomic mass is 32.1. The summed E-state index contributed by atoms with van der Waals surface area (Å²) in [5, 5.41) is 22.7. The maximum Gasteiger partial charge on any atom is 0.228 e. The molecule has 0 saturated carbocycles. The molecular formula is C26H21N7S2. The van der Waals surface area contributed by atoms with Crippen LogP contribution in [0.25, 0.3) is 22.5 Å². The minimum Gasteiger partial charge on any atom is -0.331 e. The Bertz CT molecular complexity index is 1440. The Morgan fingerprint density at radius 2 is 1.57 bits per heavy atom. The van der Waals surface area contributed by atoms with E-state index in [1.54, 1.807) is 11.3 Å². The summed E-state index contributed by atoms with van der Waals surface area (Å²) >= 11 is 7.15. The van der Waals surface area contributed by atoms with E-state index < -0.39 is 0 Å². The predicted octanol–water partition coefficient (Wildman–Crippen LogP) is 6.52. The van der Waals surface area contributed by atoms with Gasteiger partial charge >= 0.3 is 0 Å². The number of nitrogens with one attached hydrogen (secondary N) is 3. The molecule has 0 amide bonds. The molecule has 0 aliphatic heterocycles. The standard InChI is InChI=1S/C26H21N7S2/c1-17-15-23(19-13-14-35-16-19)29-25(27-17)28-21-9-5-6-10-22(21)30-26(34)31-24-12-11-20(32-33-24)18-7-3-2-4-8-18/h2-16H,1H3,(H,27,28,29)(H2,30,31,33,34). The molecule has 0 radical (unpaired) electrons. The van der Waals surface area contributed by atoms with Crippen LogP contribution in [-0.2, 0) is 0 Å². The summed E-state index contributed by atoms with van der Waals surface area (Å²) in [6.45, 7) is 1.95. The minimum absolute atomic E-state index is 0.394. The summed E-state index contributed by atoms with van der Waals surface area (Å²) in [6.07, 6.45) is 0. The zero-order valence-electron chi connectivity index (χ0n) is 18.8. The zero-order valence-corrected chi connectivity index (χ0v) is 20.4. The molecule has 172 valence electrons. The number of rotatable bonds is 6. The fraction of sp³-hybridized carbons (Fsp3) is 0.0385. The van der Waals surface area contributed by atoms with Gasteiger partial charge in [-0.25, -0.2) is 9.97 Å². The summed E-state index contributed by atoms with van der Waals surface area (Å²) in [6, 6.07) is 25.4. The van der Waals surface area contributed by atoms with E-state index >= 15 is 0 Å². The van der Waals surface area contributed by atoms with Gasteiger partial charge in [0.25, 0.3) is 0 Å². The van der Waals surface area contributed by atoms with Crippen molar-refractivity contribution >= 4 is 51.8 Å². The van der Waals surface area contributed by atoms with Crippen molar-refractivity contribution < 1.29 is 0 Å². The minimum atomic E-state index is 0.394. The molecule has 0 bridgehead atoms. The Morgan fingerprint density at radius 1 is 0.771 bits per heavy atom. The number of hydrogen-bond donors (Lipinski definition) is 3. The largest absolute Gasteiger partial charge is 0.331 e. The topological polar surface area (TPSA) is 87.7 Å². The second-order valence-electron chi connectivity index (χ2n) is 7.65. The number of para-hydroxylation sites is 2. The first-order chi connectivity index (χ1) is 17.1. The molecule has 0 aliphatic rings. The van der Waals surface area contributed by atoms with Gasteiger partial charge in [-0.1, -0.05) is 42.5 Å². The number of benzene rings is 2. The normalized spacial score (nSPS) is 10.5. The van der Waals surface area contributed by atoms with Crippen molar-refractivity contribution in [2.45, 2.75) is 6.92 Å². The van der Waals surface area contributed by atoms with Crippen LogP contribution in [0.15, 0.2) is 89.6 Å². The molecule has 3 N–H and O–H groups in total. The second-order valence-corrected chi connectivity index (χ2v) is 8.84. The van der Waals surface area contributed by atoms with Crippen molar-refractivity contribution in [3.63, 3.8) is 0 Å². The van der Waals surface area contributed by atoms with Gasteiger partial charge in [-0.2, -0.15) is 11.3 Å². The van der Waals surface area contributed by atoms with Gasteiger partial charge in [0.1, 0.15) is 0 Å². The highest BCUT2D eigenvalue weighted by Gasteiger charge is 2.10. The fourth-order valence-electron chi connectivity index (χ4n) is 3.44. The van der Waals surface area contributed by atoms with E-state index in [1.807, 2.05) is 91.2 Å². The molecule has 0 spiro atoms. The first kappa shape index (κ1) is 22.6.